The molecule has 0 aliphatic carbocycles. The van der Waals surface area contributed by atoms with Gasteiger partial charge in [-0.05, 0) is 6.07 Å². The second-order valence-corrected chi connectivity index (χ2v) is 2.95. The highest BCUT2D eigenvalue weighted by Gasteiger charge is 2.17. The highest BCUT2D eigenvalue weighted by atomic mass is 16.6. The second-order valence-electron chi connectivity index (χ2n) is 2.95. The van der Waals surface area contributed by atoms with Crippen LogP contribution >= 0.6 is 0 Å². The SMILES string of the molecule is O=Cc1ncc(-c2ccccc2[N+](=O)[O-])o1. The van der Waals surface area contributed by atoms with Crippen LogP contribution in [0.5, 0.6) is 0 Å². The van der Waals surface area contributed by atoms with Gasteiger partial charge in [0.1, 0.15) is 0 Å². The van der Waals surface area contributed by atoms with E-state index in [1.165, 1.54) is 18.3 Å². The molecule has 1 heterocycles. The van der Waals surface area contributed by atoms with Crippen molar-refractivity contribution in [2.45, 2.75) is 0 Å². The van der Waals surface area contributed by atoms with Gasteiger partial charge in [0.05, 0.1) is 16.7 Å². The van der Waals surface area contributed by atoms with Crippen molar-refractivity contribution in [3.8, 4) is 11.3 Å². The molecule has 6 heteroatoms. The summed E-state index contributed by atoms with van der Waals surface area (Å²) in [6.45, 7) is 0. The molecule has 0 saturated heterocycles. The average molecular weight is 218 g/mol. The Bertz CT molecular complexity index is 547. The van der Waals surface area contributed by atoms with Gasteiger partial charge in [-0.25, -0.2) is 4.98 Å². The Kier molecular flexibility index (Phi) is 2.47. The molecule has 1 aromatic heterocycles. The van der Waals surface area contributed by atoms with Gasteiger partial charge in [-0.1, -0.05) is 12.1 Å². The molecule has 1 aromatic carbocycles. The number of nitrogens with zero attached hydrogens (tertiary/aromatic N) is 2. The van der Waals surface area contributed by atoms with E-state index in [0.717, 1.165) is 0 Å². The topological polar surface area (TPSA) is 86.2 Å². The molecule has 0 fully saturated rings. The lowest BCUT2D eigenvalue weighted by molar-refractivity contribution is -0.384. The van der Waals surface area contributed by atoms with Crippen LogP contribution in [-0.2, 0) is 0 Å². The number of hydrogen-bond donors (Lipinski definition) is 0. The van der Waals surface area contributed by atoms with Crippen LogP contribution in [0.2, 0.25) is 0 Å². The van der Waals surface area contributed by atoms with Crippen molar-refractivity contribution in [3.63, 3.8) is 0 Å². The summed E-state index contributed by atoms with van der Waals surface area (Å²) in [7, 11) is 0. The van der Waals surface area contributed by atoms with Gasteiger partial charge < -0.3 is 4.42 Å². The second kappa shape index (κ2) is 3.93. The van der Waals surface area contributed by atoms with Gasteiger partial charge in [0.2, 0.25) is 6.29 Å². The molecule has 2 rings (SSSR count). The van der Waals surface area contributed by atoms with E-state index in [1.807, 2.05) is 0 Å². The number of aldehydes is 1. The number of nitro benzene ring substituents is 1. The van der Waals surface area contributed by atoms with Crippen LogP contribution in [-0.4, -0.2) is 16.2 Å². The van der Waals surface area contributed by atoms with Crippen molar-refractivity contribution in [1.29, 1.82) is 0 Å². The number of carbonyl (C=O) groups excluding carboxylic acids is 1. The number of carbonyl (C=O) groups is 1. The Morgan fingerprint density at radius 1 is 1.38 bits per heavy atom. The first-order chi connectivity index (χ1) is 7.72. The Labute approximate surface area is 89.7 Å². The molecule has 2 aromatic rings. The monoisotopic (exact) mass is 218 g/mol. The average Bonchev–Trinajstić information content (AvgIpc) is 2.77. The molecule has 0 atom stereocenters. The largest absolute Gasteiger partial charge is 0.434 e. The first-order valence-electron chi connectivity index (χ1n) is 4.37. The summed E-state index contributed by atoms with van der Waals surface area (Å²) < 4.78 is 5.03. The Balaban J connectivity index is 2.54. The van der Waals surface area contributed by atoms with E-state index in [2.05, 4.69) is 4.98 Å². The Hall–Kier alpha value is -2.50. The Morgan fingerprint density at radius 2 is 2.12 bits per heavy atom. The minimum absolute atomic E-state index is 0.0869. The maximum Gasteiger partial charge on any atom is 0.280 e. The summed E-state index contributed by atoms with van der Waals surface area (Å²) >= 11 is 0. The van der Waals surface area contributed by atoms with E-state index in [0.29, 0.717) is 11.8 Å². The zero-order valence-corrected chi connectivity index (χ0v) is 7.99. The van der Waals surface area contributed by atoms with Crippen molar-refractivity contribution in [3.05, 3.63) is 46.5 Å². The van der Waals surface area contributed by atoms with Crippen LogP contribution in [0, 0.1) is 10.1 Å². The maximum atomic E-state index is 10.7. The van der Waals surface area contributed by atoms with E-state index in [4.69, 9.17) is 4.42 Å². The molecular formula is C10H6N2O4. The number of aromatic nitrogens is 1. The van der Waals surface area contributed by atoms with Gasteiger partial charge >= 0.3 is 0 Å². The lowest BCUT2D eigenvalue weighted by Gasteiger charge is -1.97. The quantitative estimate of drug-likeness (QED) is 0.447. The van der Waals surface area contributed by atoms with Gasteiger partial charge in [-0.2, -0.15) is 0 Å². The Morgan fingerprint density at radius 3 is 2.75 bits per heavy atom. The molecule has 0 aliphatic rings. The van der Waals surface area contributed by atoms with Crippen LogP contribution in [0.1, 0.15) is 10.7 Å². The third kappa shape index (κ3) is 1.68. The molecule has 0 N–H and O–H groups in total. The summed E-state index contributed by atoms with van der Waals surface area (Å²) in [5.74, 6) is 0.0996. The van der Waals surface area contributed by atoms with Crippen LogP contribution < -0.4 is 0 Å². The summed E-state index contributed by atoms with van der Waals surface area (Å²) in [6, 6.07) is 6.09. The van der Waals surface area contributed by atoms with Gasteiger partial charge in [-0.3, -0.25) is 14.9 Å². The summed E-state index contributed by atoms with van der Waals surface area (Å²) in [6.07, 6.45) is 1.73. The highest BCUT2D eigenvalue weighted by molar-refractivity contribution is 5.72. The zero-order chi connectivity index (χ0) is 11.5. The number of hydrogen-bond acceptors (Lipinski definition) is 5. The molecule has 16 heavy (non-hydrogen) atoms. The molecule has 0 bridgehead atoms. The zero-order valence-electron chi connectivity index (χ0n) is 7.99. The van der Waals surface area contributed by atoms with Gasteiger partial charge in [0.15, 0.2) is 5.76 Å². The van der Waals surface area contributed by atoms with Gasteiger partial charge in [0, 0.05) is 6.07 Å². The fourth-order valence-corrected chi connectivity index (χ4v) is 1.31. The summed E-state index contributed by atoms with van der Waals surface area (Å²) in [5.41, 5.74) is 0.212. The first-order valence-corrected chi connectivity index (χ1v) is 4.37. The fraction of sp³-hybridized carbons (Fsp3) is 0. The van der Waals surface area contributed by atoms with E-state index < -0.39 is 4.92 Å². The van der Waals surface area contributed by atoms with Crippen molar-refractivity contribution < 1.29 is 14.1 Å². The number of rotatable bonds is 3. The van der Waals surface area contributed by atoms with Crippen molar-refractivity contribution in [2.75, 3.05) is 0 Å². The molecule has 0 aliphatic heterocycles. The molecule has 80 valence electrons. The van der Waals surface area contributed by atoms with Crippen LogP contribution in [0.25, 0.3) is 11.3 Å². The highest BCUT2D eigenvalue weighted by Crippen LogP contribution is 2.29. The molecule has 0 amide bonds. The van der Waals surface area contributed by atoms with Crippen molar-refractivity contribution in [1.82, 2.24) is 4.98 Å². The smallest absolute Gasteiger partial charge is 0.280 e. The number of oxazole rings is 1. The fourth-order valence-electron chi connectivity index (χ4n) is 1.31. The summed E-state index contributed by atoms with van der Waals surface area (Å²) in [5, 5.41) is 10.7. The third-order valence-electron chi connectivity index (χ3n) is 1.99. The van der Waals surface area contributed by atoms with E-state index in [-0.39, 0.29) is 17.3 Å². The predicted molar refractivity (Wildman–Crippen MR) is 54.0 cm³/mol. The standard InChI is InChI=1S/C10H6N2O4/c13-6-10-11-5-9(16-10)7-3-1-2-4-8(7)12(14)15/h1-6H. The minimum Gasteiger partial charge on any atom is -0.434 e. The van der Waals surface area contributed by atoms with Crippen LogP contribution in [0.15, 0.2) is 34.9 Å². The molecule has 0 saturated carbocycles. The molecular weight excluding hydrogens is 212 g/mol. The molecule has 0 unspecified atom stereocenters. The predicted octanol–water partition coefficient (Wildman–Crippen LogP) is 2.06. The number of nitro groups is 1. The van der Waals surface area contributed by atoms with Crippen molar-refractivity contribution in [2.24, 2.45) is 0 Å². The third-order valence-corrected chi connectivity index (χ3v) is 1.99. The van der Waals surface area contributed by atoms with Gasteiger partial charge in [-0.15, -0.1) is 0 Å². The lowest BCUT2D eigenvalue weighted by Crippen LogP contribution is -1.90. The van der Waals surface area contributed by atoms with Gasteiger partial charge in [0.25, 0.3) is 11.6 Å². The first kappa shape index (κ1) is 10.0. The number of para-hydroxylation sites is 1. The summed E-state index contributed by atoms with van der Waals surface area (Å²) in [4.78, 5) is 24.3. The van der Waals surface area contributed by atoms with Crippen LogP contribution in [0.3, 0.4) is 0 Å². The van der Waals surface area contributed by atoms with E-state index in [1.54, 1.807) is 12.1 Å². The molecule has 0 spiro atoms. The number of benzene rings is 1. The van der Waals surface area contributed by atoms with Crippen molar-refractivity contribution >= 4 is 12.0 Å². The van der Waals surface area contributed by atoms with Crippen LogP contribution in [0.4, 0.5) is 5.69 Å². The maximum absolute atomic E-state index is 10.7. The lowest BCUT2D eigenvalue weighted by atomic mass is 10.1. The minimum atomic E-state index is -0.515. The molecule has 6 nitrogen and oxygen atoms in total. The molecule has 0 radical (unpaired) electrons. The normalized spacial score (nSPS) is 10.0. The van der Waals surface area contributed by atoms with E-state index in [9.17, 15) is 14.9 Å². The van der Waals surface area contributed by atoms with E-state index >= 15 is 0 Å².